The molecule has 8 heteroatoms. The van der Waals surface area contributed by atoms with E-state index in [1.165, 1.54) is 0 Å². The Hall–Kier alpha value is -3.16. The van der Waals surface area contributed by atoms with Gasteiger partial charge in [0.1, 0.15) is 0 Å². The number of nitrogens with one attached hydrogen (secondary N) is 1. The number of rotatable bonds is 7. The zero-order valence-corrected chi connectivity index (χ0v) is 13.9. The molecule has 1 aromatic heterocycles. The number of nitrogens with zero attached hydrogens (tertiary/aromatic N) is 2. The first kappa shape index (κ1) is 18.2. The Morgan fingerprint density at radius 2 is 2.00 bits per heavy atom. The molecule has 1 aromatic carbocycles. The van der Waals surface area contributed by atoms with Crippen molar-refractivity contribution in [2.75, 3.05) is 0 Å². The van der Waals surface area contributed by atoms with E-state index in [1.54, 1.807) is 0 Å². The largest absolute Gasteiger partial charge is 0.478 e. The van der Waals surface area contributed by atoms with E-state index in [9.17, 15) is 19.7 Å². The van der Waals surface area contributed by atoms with Gasteiger partial charge >= 0.3 is 5.97 Å². The fourth-order valence-corrected chi connectivity index (χ4v) is 2.47. The van der Waals surface area contributed by atoms with Crippen molar-refractivity contribution in [3.8, 4) is 0 Å². The third kappa shape index (κ3) is 4.66. The molecule has 1 unspecified atom stereocenters. The van der Waals surface area contributed by atoms with Gasteiger partial charge in [0.25, 0.3) is 11.6 Å². The molecule has 0 spiro atoms. The zero-order chi connectivity index (χ0) is 18.6. The molecule has 0 saturated heterocycles. The van der Waals surface area contributed by atoms with Gasteiger partial charge in [-0.05, 0) is 38.0 Å². The van der Waals surface area contributed by atoms with Crippen LogP contribution in [0, 0.1) is 10.1 Å². The van der Waals surface area contributed by atoms with Gasteiger partial charge in [-0.1, -0.05) is 0 Å². The van der Waals surface area contributed by atoms with Gasteiger partial charge in [-0.15, -0.1) is 0 Å². The van der Waals surface area contributed by atoms with Crippen LogP contribution >= 0.6 is 0 Å². The number of aryl methyl sites for hydroxylation is 2. The van der Waals surface area contributed by atoms with Crippen LogP contribution in [0.3, 0.4) is 0 Å². The SMILES string of the molecule is CC(CCc1cccn1C)NC(=O)c1cc(C(=O)O)cc([N+](=O)[O-])c1. The number of hydrogen-bond donors (Lipinski definition) is 2. The summed E-state index contributed by atoms with van der Waals surface area (Å²) in [6, 6.07) is 6.90. The highest BCUT2D eigenvalue weighted by Crippen LogP contribution is 2.18. The van der Waals surface area contributed by atoms with Crippen molar-refractivity contribution in [3.63, 3.8) is 0 Å². The summed E-state index contributed by atoms with van der Waals surface area (Å²) in [4.78, 5) is 33.6. The Balaban J connectivity index is 2.07. The summed E-state index contributed by atoms with van der Waals surface area (Å²) >= 11 is 0. The minimum Gasteiger partial charge on any atom is -0.478 e. The first-order valence-electron chi connectivity index (χ1n) is 7.71. The van der Waals surface area contributed by atoms with Crippen LogP contribution in [0.25, 0.3) is 0 Å². The number of carbonyl (C=O) groups excluding carboxylic acids is 1. The number of aromatic nitrogens is 1. The second-order valence-corrected chi connectivity index (χ2v) is 5.85. The molecule has 0 bridgehead atoms. The van der Waals surface area contributed by atoms with Crippen LogP contribution in [-0.4, -0.2) is 32.5 Å². The topological polar surface area (TPSA) is 114 Å². The van der Waals surface area contributed by atoms with E-state index in [1.807, 2.05) is 36.9 Å². The highest BCUT2D eigenvalue weighted by Gasteiger charge is 2.18. The number of carboxylic acids is 1. The Bertz CT molecular complexity index is 780. The smallest absolute Gasteiger partial charge is 0.335 e. The Morgan fingerprint density at radius 1 is 1.32 bits per heavy atom. The number of carboxylic acid groups (broad SMARTS) is 1. The lowest BCUT2D eigenvalue weighted by atomic mass is 10.1. The Kier molecular flexibility index (Phi) is 5.53. The molecule has 1 amide bonds. The summed E-state index contributed by atoms with van der Waals surface area (Å²) in [6.07, 6.45) is 3.39. The van der Waals surface area contributed by atoms with Gasteiger partial charge in [-0.25, -0.2) is 4.79 Å². The van der Waals surface area contributed by atoms with E-state index in [-0.39, 0.29) is 17.2 Å². The van der Waals surface area contributed by atoms with Crippen molar-refractivity contribution in [3.05, 3.63) is 63.5 Å². The van der Waals surface area contributed by atoms with Crippen molar-refractivity contribution in [1.82, 2.24) is 9.88 Å². The zero-order valence-electron chi connectivity index (χ0n) is 13.9. The minimum atomic E-state index is -1.32. The van der Waals surface area contributed by atoms with Gasteiger partial charge in [0.05, 0.1) is 10.5 Å². The molecule has 2 rings (SSSR count). The van der Waals surface area contributed by atoms with Crippen LogP contribution in [0.15, 0.2) is 36.5 Å². The normalized spacial score (nSPS) is 11.8. The lowest BCUT2D eigenvalue weighted by molar-refractivity contribution is -0.384. The quantitative estimate of drug-likeness (QED) is 0.590. The van der Waals surface area contributed by atoms with Crippen molar-refractivity contribution in [1.29, 1.82) is 0 Å². The van der Waals surface area contributed by atoms with Crippen molar-refractivity contribution >= 4 is 17.6 Å². The average molecular weight is 345 g/mol. The van der Waals surface area contributed by atoms with Gasteiger partial charge in [0.15, 0.2) is 0 Å². The first-order valence-corrected chi connectivity index (χ1v) is 7.71. The van der Waals surface area contributed by atoms with Crippen molar-refractivity contribution < 1.29 is 19.6 Å². The van der Waals surface area contributed by atoms with Gasteiger partial charge in [-0.2, -0.15) is 0 Å². The number of hydrogen-bond acceptors (Lipinski definition) is 4. The molecular formula is C17H19N3O5. The van der Waals surface area contributed by atoms with Crippen LogP contribution in [0.4, 0.5) is 5.69 Å². The molecule has 132 valence electrons. The first-order chi connectivity index (χ1) is 11.8. The molecule has 0 aliphatic heterocycles. The van der Waals surface area contributed by atoms with E-state index in [0.29, 0.717) is 6.42 Å². The van der Waals surface area contributed by atoms with E-state index in [4.69, 9.17) is 5.11 Å². The molecule has 8 nitrogen and oxygen atoms in total. The van der Waals surface area contributed by atoms with Gasteiger partial charge < -0.3 is 15.0 Å². The molecule has 0 radical (unpaired) electrons. The van der Waals surface area contributed by atoms with Crippen LogP contribution in [0.2, 0.25) is 0 Å². The molecule has 0 fully saturated rings. The second kappa shape index (κ2) is 7.61. The lowest BCUT2D eigenvalue weighted by Crippen LogP contribution is -2.33. The molecule has 2 N–H and O–H groups in total. The maximum absolute atomic E-state index is 12.3. The van der Waals surface area contributed by atoms with E-state index >= 15 is 0 Å². The highest BCUT2D eigenvalue weighted by molar-refractivity contribution is 5.98. The fourth-order valence-electron chi connectivity index (χ4n) is 2.47. The maximum Gasteiger partial charge on any atom is 0.335 e. The molecule has 1 atom stereocenters. The third-order valence-electron chi connectivity index (χ3n) is 3.90. The van der Waals surface area contributed by atoms with Gasteiger partial charge in [0.2, 0.25) is 0 Å². The number of aromatic carboxylic acids is 1. The molecule has 0 aliphatic carbocycles. The number of amides is 1. The summed E-state index contributed by atoms with van der Waals surface area (Å²) in [6.45, 7) is 1.83. The number of nitro benzene ring substituents is 1. The molecular weight excluding hydrogens is 326 g/mol. The maximum atomic E-state index is 12.3. The van der Waals surface area contributed by atoms with E-state index < -0.39 is 22.5 Å². The standard InChI is InChI=1S/C17H19N3O5/c1-11(5-6-14-4-3-7-19(14)2)18-16(21)12-8-13(17(22)23)10-15(9-12)20(24)25/h3-4,7-11H,5-6H2,1-2H3,(H,18,21)(H,22,23). The van der Waals surface area contributed by atoms with Crippen LogP contribution in [0.1, 0.15) is 39.8 Å². The Morgan fingerprint density at radius 3 is 2.56 bits per heavy atom. The highest BCUT2D eigenvalue weighted by atomic mass is 16.6. The fraction of sp³-hybridized carbons (Fsp3) is 0.294. The molecule has 1 heterocycles. The molecule has 0 saturated carbocycles. The number of non-ortho nitro benzene ring substituents is 1. The average Bonchev–Trinajstić information content (AvgIpc) is 2.97. The predicted octanol–water partition coefficient (Wildman–Crippen LogP) is 2.38. The van der Waals surface area contributed by atoms with E-state index in [0.717, 1.165) is 30.3 Å². The minimum absolute atomic E-state index is 0.0442. The van der Waals surface area contributed by atoms with Crippen molar-refractivity contribution in [2.24, 2.45) is 7.05 Å². The number of carbonyl (C=O) groups is 2. The number of benzene rings is 1. The van der Waals surface area contributed by atoms with Crippen molar-refractivity contribution in [2.45, 2.75) is 25.8 Å². The van der Waals surface area contributed by atoms with Crippen LogP contribution in [0.5, 0.6) is 0 Å². The summed E-state index contributed by atoms with van der Waals surface area (Å²) in [5.74, 6) is -1.86. The second-order valence-electron chi connectivity index (χ2n) is 5.85. The third-order valence-corrected chi connectivity index (χ3v) is 3.90. The lowest BCUT2D eigenvalue weighted by Gasteiger charge is -2.14. The summed E-state index contributed by atoms with van der Waals surface area (Å²) in [7, 11) is 1.94. The predicted molar refractivity (Wildman–Crippen MR) is 90.7 cm³/mol. The summed E-state index contributed by atoms with van der Waals surface area (Å²) in [5.41, 5.74) is 0.360. The van der Waals surface area contributed by atoms with Gasteiger partial charge in [-0.3, -0.25) is 14.9 Å². The van der Waals surface area contributed by atoms with Gasteiger partial charge in [0, 0.05) is 42.7 Å². The monoisotopic (exact) mass is 345 g/mol. The molecule has 0 aliphatic rings. The van der Waals surface area contributed by atoms with Crippen LogP contribution in [-0.2, 0) is 13.5 Å². The van der Waals surface area contributed by atoms with E-state index in [2.05, 4.69) is 5.32 Å². The molecule has 2 aromatic rings. The summed E-state index contributed by atoms with van der Waals surface area (Å²) in [5, 5.41) is 22.7. The summed E-state index contributed by atoms with van der Waals surface area (Å²) < 4.78 is 1.99. The molecule has 25 heavy (non-hydrogen) atoms. The number of nitro groups is 1. The Labute approximate surface area is 144 Å². The van der Waals surface area contributed by atoms with Crippen LogP contribution < -0.4 is 5.32 Å².